The topological polar surface area (TPSA) is 49.5 Å². The van der Waals surface area contributed by atoms with Gasteiger partial charge in [-0.05, 0) is 26.0 Å². The Balaban J connectivity index is 2.73. The summed E-state index contributed by atoms with van der Waals surface area (Å²) >= 11 is 0. The number of aliphatic hydroxyl groups is 1. The first kappa shape index (κ1) is 12.0. The summed E-state index contributed by atoms with van der Waals surface area (Å²) in [5.74, 6) is 0. The van der Waals surface area contributed by atoms with Crippen molar-refractivity contribution in [1.82, 2.24) is 0 Å². The number of para-hydroxylation sites is 1. The molecule has 0 spiro atoms. The molecule has 0 aliphatic carbocycles. The molecule has 1 rings (SSSR count). The molecule has 0 aromatic heterocycles. The number of likely N-dealkylation sites (N-methyl/N-ethyl adjacent to an activating group) is 1. The Hall–Kier alpha value is -1.06. The fourth-order valence-corrected chi connectivity index (χ4v) is 1.51. The van der Waals surface area contributed by atoms with E-state index in [0.717, 1.165) is 12.2 Å². The maximum atomic E-state index is 9.13. The molecule has 15 heavy (non-hydrogen) atoms. The highest BCUT2D eigenvalue weighted by Gasteiger charge is 2.20. The van der Waals surface area contributed by atoms with Gasteiger partial charge in [-0.1, -0.05) is 18.2 Å². The molecule has 0 amide bonds. The first-order valence-electron chi connectivity index (χ1n) is 5.29. The molecule has 0 unspecified atom stereocenters. The molecule has 0 saturated carbocycles. The number of hydrogen-bond donors (Lipinski definition) is 2. The number of rotatable bonds is 5. The highest BCUT2D eigenvalue weighted by Crippen LogP contribution is 2.15. The van der Waals surface area contributed by atoms with Gasteiger partial charge in [-0.15, -0.1) is 0 Å². The summed E-state index contributed by atoms with van der Waals surface area (Å²) in [5.41, 5.74) is 6.53. The molecular weight excluding hydrogens is 188 g/mol. The van der Waals surface area contributed by atoms with Crippen molar-refractivity contribution in [1.29, 1.82) is 0 Å². The van der Waals surface area contributed by atoms with Gasteiger partial charge in [-0.2, -0.15) is 0 Å². The van der Waals surface area contributed by atoms with Gasteiger partial charge in [-0.25, -0.2) is 0 Å². The van der Waals surface area contributed by atoms with Gasteiger partial charge in [0.05, 0.1) is 12.1 Å². The zero-order chi connectivity index (χ0) is 11.3. The largest absolute Gasteiger partial charge is 0.394 e. The average molecular weight is 208 g/mol. The Labute approximate surface area is 91.5 Å². The molecule has 0 fully saturated rings. The van der Waals surface area contributed by atoms with Gasteiger partial charge in [-0.3, -0.25) is 0 Å². The van der Waals surface area contributed by atoms with Gasteiger partial charge in [0.1, 0.15) is 0 Å². The van der Waals surface area contributed by atoms with Gasteiger partial charge >= 0.3 is 0 Å². The third kappa shape index (κ3) is 3.53. The average Bonchev–Trinajstić information content (AvgIpc) is 2.27. The molecule has 3 nitrogen and oxygen atoms in total. The molecule has 1 aromatic carbocycles. The van der Waals surface area contributed by atoms with Gasteiger partial charge in [0, 0.05) is 18.8 Å². The molecule has 0 aliphatic heterocycles. The van der Waals surface area contributed by atoms with E-state index >= 15 is 0 Å². The van der Waals surface area contributed by atoms with E-state index in [1.807, 2.05) is 25.1 Å². The summed E-state index contributed by atoms with van der Waals surface area (Å²) in [6.07, 6.45) is 0. The first-order chi connectivity index (χ1) is 7.09. The maximum Gasteiger partial charge on any atom is 0.0625 e. The zero-order valence-corrected chi connectivity index (χ0v) is 9.48. The van der Waals surface area contributed by atoms with Gasteiger partial charge in [0.2, 0.25) is 0 Å². The van der Waals surface area contributed by atoms with Crippen molar-refractivity contribution in [3.63, 3.8) is 0 Å². The van der Waals surface area contributed by atoms with Crippen molar-refractivity contribution < 1.29 is 5.11 Å². The quantitative estimate of drug-likeness (QED) is 0.765. The van der Waals surface area contributed by atoms with Crippen LogP contribution in [0.5, 0.6) is 0 Å². The van der Waals surface area contributed by atoms with Crippen LogP contribution in [0.4, 0.5) is 5.69 Å². The van der Waals surface area contributed by atoms with Crippen molar-refractivity contribution in [3.05, 3.63) is 30.3 Å². The number of nitrogens with two attached hydrogens (primary N) is 1. The Morgan fingerprint density at radius 3 is 2.40 bits per heavy atom. The minimum Gasteiger partial charge on any atom is -0.394 e. The van der Waals surface area contributed by atoms with Gasteiger partial charge in [0.15, 0.2) is 0 Å². The lowest BCUT2D eigenvalue weighted by atomic mass is 10.0. The molecule has 1 atom stereocenters. The summed E-state index contributed by atoms with van der Waals surface area (Å²) in [6, 6.07) is 10.1. The van der Waals surface area contributed by atoms with Crippen LogP contribution in [0.25, 0.3) is 0 Å². The number of hydrogen-bond acceptors (Lipinski definition) is 3. The first-order valence-corrected chi connectivity index (χ1v) is 5.29. The van der Waals surface area contributed by atoms with E-state index in [1.54, 1.807) is 0 Å². The predicted molar refractivity (Wildman–Crippen MR) is 64.0 cm³/mol. The van der Waals surface area contributed by atoms with Crippen LogP contribution >= 0.6 is 0 Å². The third-order valence-corrected chi connectivity index (χ3v) is 2.42. The molecule has 0 heterocycles. The van der Waals surface area contributed by atoms with E-state index in [9.17, 15) is 0 Å². The Bertz CT molecular complexity index is 285. The van der Waals surface area contributed by atoms with E-state index < -0.39 is 5.54 Å². The summed E-state index contributed by atoms with van der Waals surface area (Å²) < 4.78 is 0. The Kier molecular flexibility index (Phi) is 4.12. The number of benzene rings is 1. The molecule has 84 valence electrons. The second kappa shape index (κ2) is 5.14. The van der Waals surface area contributed by atoms with E-state index in [4.69, 9.17) is 10.8 Å². The molecule has 0 saturated heterocycles. The minimum absolute atomic E-state index is 0.00364. The standard InChI is InChI=1S/C12H20N2O/c1-3-14(9-12(2,13)10-15)11-7-5-4-6-8-11/h4-8,15H,3,9-10,13H2,1-2H3/t12-/m0/s1. The van der Waals surface area contributed by atoms with Crippen LogP contribution in [0.3, 0.4) is 0 Å². The van der Waals surface area contributed by atoms with Crippen LogP contribution in [-0.4, -0.2) is 30.3 Å². The molecular formula is C12H20N2O. The monoisotopic (exact) mass is 208 g/mol. The summed E-state index contributed by atoms with van der Waals surface area (Å²) in [6.45, 7) is 5.48. The fourth-order valence-electron chi connectivity index (χ4n) is 1.51. The van der Waals surface area contributed by atoms with Crippen LogP contribution in [0.1, 0.15) is 13.8 Å². The second-order valence-electron chi connectivity index (χ2n) is 4.16. The highest BCUT2D eigenvalue weighted by atomic mass is 16.3. The van der Waals surface area contributed by atoms with Crippen LogP contribution < -0.4 is 10.6 Å². The SMILES string of the molecule is CCN(C[C@](C)(N)CO)c1ccccc1. The van der Waals surface area contributed by atoms with Gasteiger partial charge in [0.25, 0.3) is 0 Å². The van der Waals surface area contributed by atoms with Crippen molar-refractivity contribution >= 4 is 5.69 Å². The lowest BCUT2D eigenvalue weighted by Crippen LogP contribution is -2.50. The van der Waals surface area contributed by atoms with Crippen LogP contribution in [0.2, 0.25) is 0 Å². The molecule has 1 aromatic rings. The Morgan fingerprint density at radius 2 is 1.93 bits per heavy atom. The van der Waals surface area contributed by atoms with Crippen molar-refractivity contribution in [2.45, 2.75) is 19.4 Å². The van der Waals surface area contributed by atoms with Crippen molar-refractivity contribution in [3.8, 4) is 0 Å². The summed E-state index contributed by atoms with van der Waals surface area (Å²) in [4.78, 5) is 2.16. The van der Waals surface area contributed by atoms with Crippen molar-refractivity contribution in [2.75, 3.05) is 24.6 Å². The lowest BCUT2D eigenvalue weighted by Gasteiger charge is -2.32. The summed E-state index contributed by atoms with van der Waals surface area (Å²) in [5, 5.41) is 9.13. The highest BCUT2D eigenvalue weighted by molar-refractivity contribution is 5.46. The van der Waals surface area contributed by atoms with Gasteiger partial charge < -0.3 is 15.7 Å². The van der Waals surface area contributed by atoms with E-state index in [0.29, 0.717) is 6.54 Å². The van der Waals surface area contributed by atoms with Crippen LogP contribution in [0, 0.1) is 0 Å². The fraction of sp³-hybridized carbons (Fsp3) is 0.500. The number of aliphatic hydroxyl groups excluding tert-OH is 1. The third-order valence-electron chi connectivity index (χ3n) is 2.42. The van der Waals surface area contributed by atoms with E-state index in [-0.39, 0.29) is 6.61 Å². The molecule has 3 N–H and O–H groups in total. The van der Waals surface area contributed by atoms with Crippen LogP contribution in [-0.2, 0) is 0 Å². The predicted octanol–water partition coefficient (Wildman–Crippen LogP) is 1.22. The van der Waals surface area contributed by atoms with E-state index in [2.05, 4.69) is 24.0 Å². The molecule has 3 heteroatoms. The van der Waals surface area contributed by atoms with E-state index in [1.165, 1.54) is 0 Å². The number of nitrogens with zero attached hydrogens (tertiary/aromatic N) is 1. The lowest BCUT2D eigenvalue weighted by molar-refractivity contribution is 0.211. The smallest absolute Gasteiger partial charge is 0.0625 e. The number of anilines is 1. The Morgan fingerprint density at radius 1 is 1.33 bits per heavy atom. The molecule has 0 aliphatic rings. The molecule has 0 bridgehead atoms. The van der Waals surface area contributed by atoms with Crippen molar-refractivity contribution in [2.24, 2.45) is 5.73 Å². The normalized spacial score (nSPS) is 14.7. The second-order valence-corrected chi connectivity index (χ2v) is 4.16. The zero-order valence-electron chi connectivity index (χ0n) is 9.48. The maximum absolute atomic E-state index is 9.13. The minimum atomic E-state index is -0.550. The summed E-state index contributed by atoms with van der Waals surface area (Å²) in [7, 11) is 0. The van der Waals surface area contributed by atoms with Crippen LogP contribution in [0.15, 0.2) is 30.3 Å². The molecule has 0 radical (unpaired) electrons.